The lowest BCUT2D eigenvalue weighted by Crippen LogP contribution is -2.39. The number of carboxylic acid groups (broad SMARTS) is 1. The van der Waals surface area contributed by atoms with Gasteiger partial charge in [-0.05, 0) is 70.6 Å². The second-order valence-electron chi connectivity index (χ2n) is 12.2. The first-order chi connectivity index (χ1) is 18.3. The van der Waals surface area contributed by atoms with Crippen LogP contribution >= 0.6 is 0 Å². The molecule has 39 heavy (non-hydrogen) atoms. The fourth-order valence-corrected chi connectivity index (χ4v) is 4.98. The number of carbonyl (C=O) groups is 1. The molecule has 7 heteroatoms. The van der Waals surface area contributed by atoms with E-state index in [9.17, 15) is 9.90 Å². The molecule has 1 saturated heterocycles. The molecule has 0 bridgehead atoms. The Labute approximate surface area is 232 Å². The van der Waals surface area contributed by atoms with E-state index in [-0.39, 0.29) is 11.5 Å². The summed E-state index contributed by atoms with van der Waals surface area (Å²) in [7, 11) is 0. The number of ether oxygens (including phenoxy) is 2. The Bertz CT molecular complexity index is 1270. The number of hydrogen-bond acceptors (Lipinski definition) is 6. The number of piperidine rings is 1. The molecule has 1 N–H and O–H groups in total. The Morgan fingerprint density at radius 2 is 1.69 bits per heavy atom. The second-order valence-corrected chi connectivity index (χ2v) is 12.2. The molecular weight excluding hydrogens is 490 g/mol. The Morgan fingerprint density at radius 3 is 2.26 bits per heavy atom. The number of nitrogens with zero attached hydrogens (tertiary/aromatic N) is 3. The largest absolute Gasteiger partial charge is 0.484 e. The molecule has 0 spiro atoms. The van der Waals surface area contributed by atoms with Gasteiger partial charge in [0, 0.05) is 36.1 Å². The highest BCUT2D eigenvalue weighted by atomic mass is 16.5. The van der Waals surface area contributed by atoms with Crippen molar-refractivity contribution < 1.29 is 19.4 Å². The quantitative estimate of drug-likeness (QED) is 0.330. The predicted octanol–water partition coefficient (Wildman–Crippen LogP) is 7.16. The highest BCUT2D eigenvalue weighted by Crippen LogP contribution is 2.43. The third-order valence-corrected chi connectivity index (χ3v) is 7.27. The molecule has 1 aromatic carbocycles. The summed E-state index contributed by atoms with van der Waals surface area (Å²) >= 11 is 0. The fraction of sp³-hybridized carbons (Fsp3) is 0.469. The number of hydrogen-bond donors (Lipinski definition) is 1. The van der Waals surface area contributed by atoms with Gasteiger partial charge in [0.2, 0.25) is 0 Å². The first-order valence-corrected chi connectivity index (χ1v) is 13.7. The van der Waals surface area contributed by atoms with Crippen molar-refractivity contribution in [1.82, 2.24) is 9.97 Å². The highest BCUT2D eigenvalue weighted by Gasteiger charge is 2.36. The standard InChI is InChI=1S/C32H41N3O4/c1-21-27(29(30(36)37)39-31(3,4)5)28(35-17-15-32(6,7)16-18-35)25(20-33-21)26-14-13-24(19-34-26)38-22(2)23-11-9-8-10-12-23/h8-14,19-20,22,29H,15-18H2,1-7H3,(H,36,37)/t22-,29+/m1/s1. The van der Waals surface area contributed by atoms with Crippen molar-refractivity contribution in [1.29, 1.82) is 0 Å². The van der Waals surface area contributed by atoms with E-state index >= 15 is 0 Å². The molecule has 0 unspecified atom stereocenters. The Morgan fingerprint density at radius 1 is 1.03 bits per heavy atom. The van der Waals surface area contributed by atoms with Crippen molar-refractivity contribution in [3.8, 4) is 17.0 Å². The maximum atomic E-state index is 12.6. The van der Waals surface area contributed by atoms with Crippen LogP contribution in [-0.4, -0.2) is 39.7 Å². The molecular formula is C32H41N3O4. The van der Waals surface area contributed by atoms with E-state index in [0.717, 1.165) is 42.7 Å². The number of aromatic nitrogens is 2. The van der Waals surface area contributed by atoms with Crippen LogP contribution in [0, 0.1) is 12.3 Å². The minimum Gasteiger partial charge on any atom is -0.484 e. The van der Waals surface area contributed by atoms with Crippen LogP contribution in [0.3, 0.4) is 0 Å². The molecule has 4 rings (SSSR count). The summed E-state index contributed by atoms with van der Waals surface area (Å²) in [6.07, 6.45) is 4.25. The fourth-order valence-electron chi connectivity index (χ4n) is 4.98. The number of aryl methyl sites for hydroxylation is 1. The number of aliphatic carboxylic acids is 1. The first-order valence-electron chi connectivity index (χ1n) is 13.7. The van der Waals surface area contributed by atoms with E-state index < -0.39 is 17.7 Å². The lowest BCUT2D eigenvalue weighted by molar-refractivity contribution is -0.160. The maximum Gasteiger partial charge on any atom is 0.337 e. The van der Waals surface area contributed by atoms with Crippen molar-refractivity contribution >= 4 is 11.7 Å². The first kappa shape index (κ1) is 28.6. The zero-order valence-electron chi connectivity index (χ0n) is 24.2. The van der Waals surface area contributed by atoms with Crippen LogP contribution in [-0.2, 0) is 9.53 Å². The molecule has 1 fully saturated rings. The van der Waals surface area contributed by atoms with Gasteiger partial charge in [-0.1, -0.05) is 44.2 Å². The molecule has 0 aliphatic carbocycles. The molecule has 3 heterocycles. The topological polar surface area (TPSA) is 84.8 Å². The van der Waals surface area contributed by atoms with Gasteiger partial charge in [-0.2, -0.15) is 0 Å². The monoisotopic (exact) mass is 531 g/mol. The minimum absolute atomic E-state index is 0.121. The Kier molecular flexibility index (Phi) is 8.31. The van der Waals surface area contributed by atoms with E-state index in [4.69, 9.17) is 14.5 Å². The van der Waals surface area contributed by atoms with Crippen LogP contribution in [0.4, 0.5) is 5.69 Å². The van der Waals surface area contributed by atoms with Crippen molar-refractivity contribution in [2.24, 2.45) is 5.41 Å². The molecule has 3 aromatic rings. The summed E-state index contributed by atoms with van der Waals surface area (Å²) in [6, 6.07) is 13.9. The van der Waals surface area contributed by atoms with Crippen LogP contribution in [0.25, 0.3) is 11.3 Å². The van der Waals surface area contributed by atoms with Gasteiger partial charge in [0.1, 0.15) is 11.9 Å². The number of pyridine rings is 2. The highest BCUT2D eigenvalue weighted by molar-refractivity contribution is 5.85. The van der Waals surface area contributed by atoms with Gasteiger partial charge in [0.15, 0.2) is 6.10 Å². The van der Waals surface area contributed by atoms with Crippen molar-refractivity contribution in [3.63, 3.8) is 0 Å². The molecule has 2 aromatic heterocycles. The van der Waals surface area contributed by atoms with Crippen molar-refractivity contribution in [2.45, 2.75) is 79.1 Å². The van der Waals surface area contributed by atoms with Gasteiger partial charge in [-0.25, -0.2) is 4.79 Å². The summed E-state index contributed by atoms with van der Waals surface area (Å²) in [6.45, 7) is 15.7. The van der Waals surface area contributed by atoms with Gasteiger partial charge in [-0.3, -0.25) is 9.97 Å². The average molecular weight is 532 g/mol. The zero-order chi connectivity index (χ0) is 28.4. The van der Waals surface area contributed by atoms with Gasteiger partial charge in [-0.15, -0.1) is 0 Å². The SMILES string of the molecule is Cc1ncc(-c2ccc(O[C@H](C)c3ccccc3)cn2)c(N2CCC(C)(C)CC2)c1[C@H](OC(C)(C)C)C(=O)O. The third-order valence-electron chi connectivity index (χ3n) is 7.27. The molecule has 2 atom stereocenters. The molecule has 0 radical (unpaired) electrons. The van der Waals surface area contributed by atoms with Gasteiger partial charge < -0.3 is 19.5 Å². The van der Waals surface area contributed by atoms with Crippen LogP contribution in [0.1, 0.15) is 83.4 Å². The molecule has 1 aliphatic rings. The summed E-state index contributed by atoms with van der Waals surface area (Å²) in [5.41, 5.74) is 4.25. The number of rotatable bonds is 8. The number of anilines is 1. The van der Waals surface area contributed by atoms with Crippen molar-refractivity contribution in [2.75, 3.05) is 18.0 Å². The molecule has 208 valence electrons. The predicted molar refractivity (Wildman–Crippen MR) is 154 cm³/mol. The van der Waals surface area contributed by atoms with E-state index in [0.29, 0.717) is 22.7 Å². The maximum absolute atomic E-state index is 12.6. The summed E-state index contributed by atoms with van der Waals surface area (Å²) in [4.78, 5) is 24.3. The summed E-state index contributed by atoms with van der Waals surface area (Å²) in [5, 5.41) is 10.3. The lowest BCUT2D eigenvalue weighted by atomic mass is 9.82. The van der Waals surface area contributed by atoms with Crippen LogP contribution in [0.5, 0.6) is 5.75 Å². The smallest absolute Gasteiger partial charge is 0.337 e. The van der Waals surface area contributed by atoms with E-state index in [1.807, 2.05) is 77.1 Å². The second kappa shape index (κ2) is 11.3. The zero-order valence-corrected chi connectivity index (χ0v) is 24.2. The molecule has 0 saturated carbocycles. The number of carboxylic acids is 1. The Balaban J connectivity index is 1.76. The molecule has 7 nitrogen and oxygen atoms in total. The average Bonchev–Trinajstić information content (AvgIpc) is 2.88. The van der Waals surface area contributed by atoms with Gasteiger partial charge >= 0.3 is 5.97 Å². The van der Waals surface area contributed by atoms with E-state index in [2.05, 4.69) is 23.7 Å². The minimum atomic E-state index is -1.16. The third kappa shape index (κ3) is 6.95. The van der Waals surface area contributed by atoms with Crippen molar-refractivity contribution in [3.05, 3.63) is 71.7 Å². The molecule has 1 aliphatic heterocycles. The summed E-state index contributed by atoms with van der Waals surface area (Å²) < 4.78 is 12.3. The molecule has 0 amide bonds. The van der Waals surface area contributed by atoms with Crippen LogP contribution < -0.4 is 9.64 Å². The lowest BCUT2D eigenvalue weighted by Gasteiger charge is -2.40. The summed E-state index contributed by atoms with van der Waals surface area (Å²) in [5.74, 6) is -0.367. The normalized spacial score (nSPS) is 16.9. The van der Waals surface area contributed by atoms with Gasteiger partial charge in [0.25, 0.3) is 0 Å². The van der Waals surface area contributed by atoms with Crippen LogP contribution in [0.15, 0.2) is 54.9 Å². The Hall–Kier alpha value is -3.45. The number of benzene rings is 1. The van der Waals surface area contributed by atoms with E-state index in [1.165, 1.54) is 0 Å². The van der Waals surface area contributed by atoms with Gasteiger partial charge in [0.05, 0.1) is 23.2 Å². The van der Waals surface area contributed by atoms with Crippen LogP contribution in [0.2, 0.25) is 0 Å². The van der Waals surface area contributed by atoms with E-state index in [1.54, 1.807) is 12.4 Å².